The van der Waals surface area contributed by atoms with Crippen LogP contribution in [0.25, 0.3) is 0 Å². The van der Waals surface area contributed by atoms with Gasteiger partial charge in [0.15, 0.2) is 0 Å². The second-order valence-corrected chi connectivity index (χ2v) is 6.57. The third kappa shape index (κ3) is 5.61. The molecule has 0 saturated carbocycles. The lowest BCUT2D eigenvalue weighted by molar-refractivity contribution is -0.132. The highest BCUT2D eigenvalue weighted by atomic mass is 16.5. The molecule has 3 rings (SSSR count). The molecule has 0 aromatic heterocycles. The van der Waals surface area contributed by atoms with Gasteiger partial charge in [0.1, 0.15) is 11.5 Å². The van der Waals surface area contributed by atoms with Gasteiger partial charge in [-0.25, -0.2) is 0 Å². The molecule has 6 nitrogen and oxygen atoms in total. The monoisotopic (exact) mass is 403 g/mol. The molecule has 0 aliphatic rings. The highest BCUT2D eigenvalue weighted by Gasteiger charge is 2.14. The summed E-state index contributed by atoms with van der Waals surface area (Å²) in [6, 6.07) is 23.6. The number of nitrogens with one attached hydrogen (secondary N) is 2. The van der Waals surface area contributed by atoms with Gasteiger partial charge in [0.25, 0.3) is 0 Å². The van der Waals surface area contributed by atoms with Gasteiger partial charge in [-0.2, -0.15) is 0 Å². The van der Waals surface area contributed by atoms with E-state index in [1.54, 1.807) is 36.4 Å². The SMILES string of the molecule is CCN(CC)c1ccc(NC(=O)C(=O)Nc2ccc(Oc3ccccc3)cc2)cc1. The van der Waals surface area contributed by atoms with Crippen LogP contribution in [0.2, 0.25) is 0 Å². The third-order valence-corrected chi connectivity index (χ3v) is 4.55. The Hall–Kier alpha value is -3.80. The number of nitrogens with zero attached hydrogens (tertiary/aromatic N) is 1. The number of hydrogen-bond acceptors (Lipinski definition) is 4. The molecule has 0 aliphatic heterocycles. The fraction of sp³-hybridized carbons (Fsp3) is 0.167. The zero-order valence-corrected chi connectivity index (χ0v) is 17.1. The van der Waals surface area contributed by atoms with Gasteiger partial charge in [0.2, 0.25) is 0 Å². The van der Waals surface area contributed by atoms with E-state index in [1.807, 2.05) is 42.5 Å². The van der Waals surface area contributed by atoms with Crippen LogP contribution < -0.4 is 20.3 Å². The molecule has 2 N–H and O–H groups in total. The van der Waals surface area contributed by atoms with E-state index >= 15 is 0 Å². The van der Waals surface area contributed by atoms with E-state index < -0.39 is 11.8 Å². The van der Waals surface area contributed by atoms with Gasteiger partial charge in [0.05, 0.1) is 0 Å². The lowest BCUT2D eigenvalue weighted by Crippen LogP contribution is -2.29. The van der Waals surface area contributed by atoms with Crippen LogP contribution in [0.4, 0.5) is 17.1 Å². The predicted molar refractivity (Wildman–Crippen MR) is 120 cm³/mol. The fourth-order valence-electron chi connectivity index (χ4n) is 2.95. The average molecular weight is 403 g/mol. The quantitative estimate of drug-likeness (QED) is 0.551. The molecule has 0 heterocycles. The van der Waals surface area contributed by atoms with Crippen molar-refractivity contribution in [2.24, 2.45) is 0 Å². The average Bonchev–Trinajstić information content (AvgIpc) is 2.78. The summed E-state index contributed by atoms with van der Waals surface area (Å²) in [4.78, 5) is 26.6. The molecule has 6 heteroatoms. The molecule has 3 aromatic carbocycles. The van der Waals surface area contributed by atoms with Crippen molar-refractivity contribution >= 4 is 28.9 Å². The zero-order chi connectivity index (χ0) is 21.3. The summed E-state index contributed by atoms with van der Waals surface area (Å²) in [6.45, 7) is 5.98. The fourth-order valence-corrected chi connectivity index (χ4v) is 2.95. The van der Waals surface area contributed by atoms with Crippen LogP contribution in [0.3, 0.4) is 0 Å². The first-order valence-electron chi connectivity index (χ1n) is 9.89. The molecule has 0 atom stereocenters. The molecule has 0 unspecified atom stereocenters. The van der Waals surface area contributed by atoms with Crippen LogP contribution in [-0.4, -0.2) is 24.9 Å². The second-order valence-electron chi connectivity index (χ2n) is 6.57. The van der Waals surface area contributed by atoms with Gasteiger partial charge >= 0.3 is 11.8 Å². The van der Waals surface area contributed by atoms with Crippen LogP contribution in [0.5, 0.6) is 11.5 Å². The summed E-state index contributed by atoms with van der Waals surface area (Å²) in [6.07, 6.45) is 0. The van der Waals surface area contributed by atoms with Crippen LogP contribution >= 0.6 is 0 Å². The van der Waals surface area contributed by atoms with Gasteiger partial charge in [0, 0.05) is 30.2 Å². The Morgan fingerprint density at radius 3 is 1.67 bits per heavy atom. The van der Waals surface area contributed by atoms with Crippen molar-refractivity contribution < 1.29 is 14.3 Å². The smallest absolute Gasteiger partial charge is 0.314 e. The van der Waals surface area contributed by atoms with E-state index in [0.29, 0.717) is 17.1 Å². The number of amides is 2. The van der Waals surface area contributed by atoms with Crippen molar-refractivity contribution in [3.05, 3.63) is 78.9 Å². The van der Waals surface area contributed by atoms with Gasteiger partial charge in [-0.05, 0) is 74.5 Å². The number of benzene rings is 3. The molecule has 0 saturated heterocycles. The molecular formula is C24H25N3O3. The first kappa shape index (κ1) is 20.9. The number of rotatable bonds is 7. The van der Waals surface area contributed by atoms with Crippen molar-refractivity contribution in [1.29, 1.82) is 0 Å². The lowest BCUT2D eigenvalue weighted by atomic mass is 10.2. The zero-order valence-electron chi connectivity index (χ0n) is 17.1. The Morgan fingerprint density at radius 1 is 0.700 bits per heavy atom. The second kappa shape index (κ2) is 10.1. The minimum absolute atomic E-state index is 0.507. The third-order valence-electron chi connectivity index (χ3n) is 4.55. The molecule has 0 aliphatic carbocycles. The maximum absolute atomic E-state index is 12.2. The number of para-hydroxylation sites is 1. The molecule has 154 valence electrons. The van der Waals surface area contributed by atoms with Crippen LogP contribution in [0.1, 0.15) is 13.8 Å². The normalized spacial score (nSPS) is 10.2. The number of anilines is 3. The van der Waals surface area contributed by atoms with E-state index in [9.17, 15) is 9.59 Å². The molecule has 2 amide bonds. The van der Waals surface area contributed by atoms with Gasteiger partial charge in [-0.3, -0.25) is 9.59 Å². The Labute approximate surface area is 176 Å². The van der Waals surface area contributed by atoms with Gasteiger partial charge in [-0.1, -0.05) is 18.2 Å². The highest BCUT2D eigenvalue weighted by molar-refractivity contribution is 6.43. The van der Waals surface area contributed by atoms with Crippen LogP contribution in [-0.2, 0) is 9.59 Å². The Kier molecular flexibility index (Phi) is 7.05. The maximum Gasteiger partial charge on any atom is 0.314 e. The summed E-state index contributed by atoms with van der Waals surface area (Å²) in [5.41, 5.74) is 2.14. The van der Waals surface area contributed by atoms with E-state index in [2.05, 4.69) is 29.4 Å². The number of carbonyl (C=O) groups excluding carboxylic acids is 2. The van der Waals surface area contributed by atoms with Crippen molar-refractivity contribution in [3.8, 4) is 11.5 Å². The van der Waals surface area contributed by atoms with Gasteiger partial charge < -0.3 is 20.3 Å². The molecule has 3 aromatic rings. The largest absolute Gasteiger partial charge is 0.457 e. The summed E-state index contributed by atoms with van der Waals surface area (Å²) in [5.74, 6) is -0.104. The Balaban J connectivity index is 1.54. The first-order chi connectivity index (χ1) is 14.6. The molecule has 0 radical (unpaired) electrons. The van der Waals surface area contributed by atoms with Crippen molar-refractivity contribution in [2.45, 2.75) is 13.8 Å². The summed E-state index contributed by atoms with van der Waals surface area (Å²) in [5, 5.41) is 5.20. The lowest BCUT2D eigenvalue weighted by Gasteiger charge is -2.21. The summed E-state index contributed by atoms with van der Waals surface area (Å²) in [7, 11) is 0. The van der Waals surface area contributed by atoms with Gasteiger partial charge in [-0.15, -0.1) is 0 Å². The van der Waals surface area contributed by atoms with Crippen LogP contribution in [0, 0.1) is 0 Å². The van der Waals surface area contributed by atoms with Crippen LogP contribution in [0.15, 0.2) is 78.9 Å². The van der Waals surface area contributed by atoms with E-state index in [4.69, 9.17) is 4.74 Å². The summed E-state index contributed by atoms with van der Waals surface area (Å²) < 4.78 is 5.71. The standard InChI is InChI=1S/C24H25N3O3/c1-3-27(4-2)20-14-10-18(11-15-20)25-23(28)24(29)26-19-12-16-22(17-13-19)30-21-8-6-5-7-9-21/h5-17H,3-4H2,1-2H3,(H,25,28)(H,26,29). The van der Waals surface area contributed by atoms with E-state index in [-0.39, 0.29) is 0 Å². The van der Waals surface area contributed by atoms with E-state index in [1.165, 1.54) is 0 Å². The molecule has 30 heavy (non-hydrogen) atoms. The topological polar surface area (TPSA) is 70.7 Å². The minimum atomic E-state index is -0.737. The predicted octanol–water partition coefficient (Wildman–Crippen LogP) is 4.90. The summed E-state index contributed by atoms with van der Waals surface area (Å²) >= 11 is 0. The molecule has 0 spiro atoms. The van der Waals surface area contributed by atoms with Crippen molar-refractivity contribution in [3.63, 3.8) is 0 Å². The first-order valence-corrected chi connectivity index (χ1v) is 9.89. The number of ether oxygens (including phenoxy) is 1. The van der Waals surface area contributed by atoms with E-state index in [0.717, 1.165) is 24.5 Å². The Bertz CT molecular complexity index is 967. The number of hydrogen-bond donors (Lipinski definition) is 2. The van der Waals surface area contributed by atoms with Crippen molar-refractivity contribution in [2.75, 3.05) is 28.6 Å². The number of carbonyl (C=O) groups is 2. The highest BCUT2D eigenvalue weighted by Crippen LogP contribution is 2.23. The molecule has 0 fully saturated rings. The molecule has 0 bridgehead atoms. The van der Waals surface area contributed by atoms with Crippen molar-refractivity contribution in [1.82, 2.24) is 0 Å². The minimum Gasteiger partial charge on any atom is -0.457 e. The maximum atomic E-state index is 12.2. The Morgan fingerprint density at radius 2 is 1.17 bits per heavy atom. The molecular weight excluding hydrogens is 378 g/mol.